The van der Waals surface area contributed by atoms with Gasteiger partial charge in [0.05, 0.1) is 12.3 Å². The molecule has 1 heterocycles. The number of hydrogen-bond acceptors (Lipinski definition) is 6. The third-order valence-electron chi connectivity index (χ3n) is 3.86. The maximum atomic E-state index is 12.8. The maximum Gasteiger partial charge on any atom is 0.433 e. The molecule has 1 amide bonds. The number of amides is 1. The number of hydrogen-bond donors (Lipinski definition) is 2. The lowest BCUT2D eigenvalue weighted by Gasteiger charge is -2.26. The molecule has 1 aromatic heterocycles. The maximum absolute atomic E-state index is 12.8. The summed E-state index contributed by atoms with van der Waals surface area (Å²) in [4.78, 5) is 22.7. The zero-order valence-corrected chi connectivity index (χ0v) is 14.0. The summed E-state index contributed by atoms with van der Waals surface area (Å²) in [5, 5.41) is 25.5. The van der Waals surface area contributed by atoms with Gasteiger partial charge in [0.15, 0.2) is 11.4 Å². The average molecular weight is 365 g/mol. The molecule has 8 nitrogen and oxygen atoms in total. The van der Waals surface area contributed by atoms with E-state index in [2.05, 4.69) is 10.5 Å². The molecular formula is C19H15N3O5. The Balaban J connectivity index is 1.85. The molecule has 0 bridgehead atoms. The standard InChI is InChI=1S/C19H15N3O5/c23-18(21-20-13-16-11-12-17(27-16)22(25)26)19(24,14-7-3-1-4-8-14)15-9-5-2-6-10-15/h1-13,24H,(H,21,23). The molecule has 0 atom stereocenters. The Hall–Kier alpha value is -3.78. The molecule has 0 unspecified atom stereocenters. The largest absolute Gasteiger partial charge is 0.433 e. The second-order valence-corrected chi connectivity index (χ2v) is 5.57. The molecule has 0 saturated carbocycles. The van der Waals surface area contributed by atoms with Crippen LogP contribution in [0, 0.1) is 10.1 Å². The summed E-state index contributed by atoms with van der Waals surface area (Å²) in [6, 6.07) is 19.4. The molecule has 2 aromatic carbocycles. The Labute approximate surface area is 153 Å². The lowest BCUT2D eigenvalue weighted by atomic mass is 9.85. The van der Waals surface area contributed by atoms with E-state index in [9.17, 15) is 20.0 Å². The summed E-state index contributed by atoms with van der Waals surface area (Å²) >= 11 is 0. The van der Waals surface area contributed by atoms with Crippen molar-refractivity contribution in [2.45, 2.75) is 5.60 Å². The molecule has 0 aliphatic heterocycles. The van der Waals surface area contributed by atoms with Crippen molar-refractivity contribution in [2.75, 3.05) is 0 Å². The quantitative estimate of drug-likeness (QED) is 0.395. The molecule has 27 heavy (non-hydrogen) atoms. The number of nitro groups is 1. The van der Waals surface area contributed by atoms with Crippen LogP contribution in [0.5, 0.6) is 0 Å². The molecule has 0 spiro atoms. The van der Waals surface area contributed by atoms with Crippen molar-refractivity contribution in [3.8, 4) is 0 Å². The van der Waals surface area contributed by atoms with Crippen LogP contribution in [0.4, 0.5) is 5.88 Å². The van der Waals surface area contributed by atoms with Gasteiger partial charge in [-0.25, -0.2) is 5.43 Å². The first-order valence-corrected chi connectivity index (χ1v) is 7.93. The normalized spacial score (nSPS) is 11.4. The Morgan fingerprint density at radius 2 is 1.59 bits per heavy atom. The molecular weight excluding hydrogens is 350 g/mol. The van der Waals surface area contributed by atoms with Crippen LogP contribution < -0.4 is 5.43 Å². The highest BCUT2D eigenvalue weighted by Gasteiger charge is 2.39. The highest BCUT2D eigenvalue weighted by Crippen LogP contribution is 2.29. The van der Waals surface area contributed by atoms with Gasteiger partial charge in [-0.1, -0.05) is 60.7 Å². The minimum atomic E-state index is -1.96. The van der Waals surface area contributed by atoms with Gasteiger partial charge in [-0.2, -0.15) is 5.10 Å². The summed E-state index contributed by atoms with van der Waals surface area (Å²) in [6.07, 6.45) is 1.11. The van der Waals surface area contributed by atoms with Crippen LogP contribution in [0.1, 0.15) is 16.9 Å². The molecule has 2 N–H and O–H groups in total. The second-order valence-electron chi connectivity index (χ2n) is 5.57. The molecule has 0 fully saturated rings. The zero-order chi connectivity index (χ0) is 19.3. The Bertz CT molecular complexity index is 928. The van der Waals surface area contributed by atoms with Gasteiger partial charge in [-0.05, 0) is 17.2 Å². The number of nitrogens with one attached hydrogen (secondary N) is 1. The van der Waals surface area contributed by atoms with Crippen LogP contribution in [0.3, 0.4) is 0 Å². The van der Waals surface area contributed by atoms with E-state index in [0.717, 1.165) is 6.21 Å². The molecule has 3 aromatic rings. The summed E-state index contributed by atoms with van der Waals surface area (Å²) in [6.45, 7) is 0. The molecule has 0 radical (unpaired) electrons. The van der Waals surface area contributed by atoms with E-state index >= 15 is 0 Å². The highest BCUT2D eigenvalue weighted by atomic mass is 16.6. The summed E-state index contributed by atoms with van der Waals surface area (Å²) in [7, 11) is 0. The third-order valence-corrected chi connectivity index (χ3v) is 3.86. The Kier molecular flexibility index (Phi) is 5.09. The van der Waals surface area contributed by atoms with Gasteiger partial charge < -0.3 is 9.52 Å². The van der Waals surface area contributed by atoms with Crippen molar-refractivity contribution in [3.05, 3.63) is 99.8 Å². The number of aliphatic hydroxyl groups is 1. The van der Waals surface area contributed by atoms with Crippen LogP contribution >= 0.6 is 0 Å². The van der Waals surface area contributed by atoms with Crippen LogP contribution in [0.25, 0.3) is 0 Å². The number of hydrazone groups is 1. The van der Waals surface area contributed by atoms with Crippen LogP contribution in [-0.2, 0) is 10.4 Å². The SMILES string of the molecule is O=C(NN=Cc1ccc([N+](=O)[O-])o1)C(O)(c1ccccc1)c1ccccc1. The van der Waals surface area contributed by atoms with E-state index in [4.69, 9.17) is 4.42 Å². The van der Waals surface area contributed by atoms with Gasteiger partial charge >= 0.3 is 5.88 Å². The minimum Gasteiger partial charge on any atom is -0.400 e. The number of rotatable bonds is 6. The van der Waals surface area contributed by atoms with Crippen LogP contribution in [-0.4, -0.2) is 22.2 Å². The van der Waals surface area contributed by atoms with Crippen molar-refractivity contribution in [1.29, 1.82) is 0 Å². The lowest BCUT2D eigenvalue weighted by Crippen LogP contribution is -2.43. The molecule has 8 heteroatoms. The van der Waals surface area contributed by atoms with Gasteiger partial charge in [0.1, 0.15) is 4.92 Å². The van der Waals surface area contributed by atoms with Gasteiger partial charge in [-0.15, -0.1) is 0 Å². The fourth-order valence-electron chi connectivity index (χ4n) is 2.53. The van der Waals surface area contributed by atoms with E-state index in [-0.39, 0.29) is 5.76 Å². The molecule has 0 aliphatic rings. The number of benzene rings is 2. The Morgan fingerprint density at radius 3 is 2.07 bits per heavy atom. The highest BCUT2D eigenvalue weighted by molar-refractivity contribution is 5.90. The first-order chi connectivity index (χ1) is 13.0. The van der Waals surface area contributed by atoms with Crippen LogP contribution in [0.15, 0.2) is 82.3 Å². The van der Waals surface area contributed by atoms with E-state index < -0.39 is 22.3 Å². The molecule has 3 rings (SSSR count). The number of carbonyl (C=O) groups is 1. The fourth-order valence-corrected chi connectivity index (χ4v) is 2.53. The smallest absolute Gasteiger partial charge is 0.400 e. The second kappa shape index (κ2) is 7.63. The van der Waals surface area contributed by atoms with Gasteiger partial charge in [0.2, 0.25) is 0 Å². The topological polar surface area (TPSA) is 118 Å². The molecule has 0 aliphatic carbocycles. The minimum absolute atomic E-state index is 0.0879. The number of nitrogens with zero attached hydrogens (tertiary/aromatic N) is 2. The van der Waals surface area contributed by atoms with Gasteiger partial charge in [0, 0.05) is 0 Å². The summed E-state index contributed by atoms with van der Waals surface area (Å²) < 4.78 is 4.92. The third kappa shape index (κ3) is 3.75. The lowest BCUT2D eigenvalue weighted by molar-refractivity contribution is -0.402. The van der Waals surface area contributed by atoms with E-state index in [1.807, 2.05) is 0 Å². The van der Waals surface area contributed by atoms with Crippen molar-refractivity contribution >= 4 is 18.0 Å². The fraction of sp³-hybridized carbons (Fsp3) is 0.0526. The van der Waals surface area contributed by atoms with E-state index in [1.54, 1.807) is 60.7 Å². The molecule has 0 saturated heterocycles. The van der Waals surface area contributed by atoms with Gasteiger partial charge in [-0.3, -0.25) is 14.9 Å². The predicted octanol–water partition coefficient (Wildman–Crippen LogP) is 2.57. The van der Waals surface area contributed by atoms with Crippen LogP contribution in [0.2, 0.25) is 0 Å². The number of furan rings is 1. The van der Waals surface area contributed by atoms with Crippen molar-refractivity contribution in [3.63, 3.8) is 0 Å². The monoisotopic (exact) mass is 365 g/mol. The average Bonchev–Trinajstić information content (AvgIpc) is 3.18. The van der Waals surface area contributed by atoms with Crippen molar-refractivity contribution in [1.82, 2.24) is 5.43 Å². The number of carbonyl (C=O) groups excluding carboxylic acids is 1. The predicted molar refractivity (Wildman–Crippen MR) is 97.0 cm³/mol. The van der Waals surface area contributed by atoms with E-state index in [0.29, 0.717) is 11.1 Å². The Morgan fingerprint density at radius 1 is 1.04 bits per heavy atom. The zero-order valence-electron chi connectivity index (χ0n) is 14.0. The van der Waals surface area contributed by atoms with Crippen molar-refractivity contribution in [2.24, 2.45) is 5.10 Å². The van der Waals surface area contributed by atoms with Crippen molar-refractivity contribution < 1.29 is 19.2 Å². The van der Waals surface area contributed by atoms with E-state index in [1.165, 1.54) is 12.1 Å². The molecule has 136 valence electrons. The summed E-state index contributed by atoms with van der Waals surface area (Å²) in [5.74, 6) is -1.13. The first-order valence-electron chi connectivity index (χ1n) is 7.93. The van der Waals surface area contributed by atoms with Gasteiger partial charge in [0.25, 0.3) is 5.91 Å². The first kappa shape index (κ1) is 18.0. The summed E-state index contributed by atoms with van der Waals surface area (Å²) in [5.41, 5.74) is 1.04.